The molecule has 0 fully saturated rings. The first kappa shape index (κ1) is 18.8. The fraction of sp³-hybridized carbons (Fsp3) is 0. The van der Waals surface area contributed by atoms with E-state index in [1.165, 1.54) is 0 Å². The number of hydrogen-bond acceptors (Lipinski definition) is 3. The van der Waals surface area contributed by atoms with Crippen LogP contribution in [0.1, 0.15) is 0 Å². The maximum atomic E-state index is 7.50. The van der Waals surface area contributed by atoms with Crippen LogP contribution in [0.2, 0.25) is 0 Å². The van der Waals surface area contributed by atoms with E-state index in [1.54, 1.807) is 32.4 Å². The summed E-state index contributed by atoms with van der Waals surface area (Å²) in [6.07, 6.45) is 10.9. The Balaban J connectivity index is 0.000000741. The molecule has 108 valence electrons. The number of aromatic nitrogens is 6. The molecule has 0 bridgehead atoms. The van der Waals surface area contributed by atoms with Crippen LogP contribution in [-0.2, 0) is 29.4 Å². The third-order valence-corrected chi connectivity index (χ3v) is 2.28. The van der Waals surface area contributed by atoms with Gasteiger partial charge in [-0.3, -0.25) is 0 Å². The van der Waals surface area contributed by atoms with Gasteiger partial charge in [-0.1, -0.05) is 0 Å². The molecule has 0 aliphatic carbocycles. The van der Waals surface area contributed by atoms with E-state index in [1.807, 2.05) is 36.8 Å². The average Bonchev–Trinajstić information content (AvgIpc) is 3.28. The third kappa shape index (κ3) is 4.70. The van der Waals surface area contributed by atoms with E-state index >= 15 is 0 Å². The quantitative estimate of drug-likeness (QED) is 0.316. The fourth-order valence-corrected chi connectivity index (χ4v) is 1.62. The van der Waals surface area contributed by atoms with Crippen molar-refractivity contribution in [2.75, 3.05) is 0 Å². The van der Waals surface area contributed by atoms with E-state index in [0.717, 1.165) is 0 Å². The Kier molecular flexibility index (Phi) is 9.50. The molecule has 8 nitrogen and oxygen atoms in total. The van der Waals surface area contributed by atoms with Crippen molar-refractivity contribution < 1.29 is 29.4 Å². The van der Waals surface area contributed by atoms with Crippen molar-refractivity contribution in [1.82, 2.24) is 29.1 Å². The molecule has 0 amide bonds. The van der Waals surface area contributed by atoms with Gasteiger partial charge in [-0.15, -0.1) is 0 Å². The van der Waals surface area contributed by atoms with Gasteiger partial charge in [0.25, 0.3) is 7.12 Å². The minimum absolute atomic E-state index is 0. The smallest absolute Gasteiger partial charge is 0.260 e. The summed E-state index contributed by atoms with van der Waals surface area (Å²) in [5.41, 5.74) is 0. The summed E-state index contributed by atoms with van der Waals surface area (Å²) in [5.74, 6) is 0. The van der Waals surface area contributed by atoms with Gasteiger partial charge in [0, 0.05) is 38.7 Å². The molecule has 0 atom stereocenters. The van der Waals surface area contributed by atoms with Crippen LogP contribution in [0.3, 0.4) is 0 Å². The second-order valence-electron chi connectivity index (χ2n) is 3.30. The van der Waals surface area contributed by atoms with Crippen molar-refractivity contribution in [3.63, 3.8) is 0 Å². The Morgan fingerprint density at radius 3 is 1.14 bits per heavy atom. The van der Waals surface area contributed by atoms with Gasteiger partial charge in [-0.25, -0.2) is 15.3 Å². The van der Waals surface area contributed by atoms with Gasteiger partial charge in [0.2, 0.25) is 0 Å². The molecular weight excluding hydrogens is 451 g/mol. The Labute approximate surface area is 134 Å². The summed E-state index contributed by atoms with van der Waals surface area (Å²) in [7, 11) is -0.194. The molecule has 3 aromatic heterocycles. The van der Waals surface area contributed by atoms with Crippen LogP contribution in [0, 0.1) is 13.3 Å². The molecule has 0 aliphatic heterocycles. The number of nitrogens with zero attached hydrogens (tertiary/aromatic N) is 6. The molecule has 3 aromatic rings. The first-order valence-electron chi connectivity index (χ1n) is 5.33. The number of rotatable bonds is 3. The van der Waals surface area contributed by atoms with Crippen molar-refractivity contribution in [1.29, 1.82) is 0 Å². The van der Waals surface area contributed by atoms with E-state index in [4.69, 9.17) is 9.30 Å². The maximum Gasteiger partial charge on any atom is 0.260 e. The van der Waals surface area contributed by atoms with Gasteiger partial charge in [-0.05, 0) is 36.8 Å². The zero-order chi connectivity index (χ0) is 14.8. The van der Waals surface area contributed by atoms with Crippen molar-refractivity contribution in [3.05, 3.63) is 68.7 Å². The molecule has 3 heterocycles. The van der Waals surface area contributed by atoms with E-state index in [0.29, 0.717) is 0 Å². The van der Waals surface area contributed by atoms with Crippen LogP contribution in [0.25, 0.3) is 0 Å². The molecule has 3 rings (SSSR count). The van der Waals surface area contributed by atoms with Crippen LogP contribution >= 0.6 is 0 Å². The second-order valence-corrected chi connectivity index (χ2v) is 3.30. The summed E-state index contributed by atoms with van der Waals surface area (Å²) in [6, 6.07) is 5.62. The predicted octanol–water partition coefficient (Wildman–Crippen LogP) is 0.128. The molecule has 10 heteroatoms. The Bertz CT molecular complexity index is 533. The minimum atomic E-state index is -0.194. The molecule has 2 radical (unpaired) electrons. The molecule has 0 saturated carbocycles. The van der Waals surface area contributed by atoms with E-state index in [9.17, 15) is 0 Å². The van der Waals surface area contributed by atoms with Gasteiger partial charge in [-0.2, -0.15) is 0 Å². The van der Waals surface area contributed by atoms with Crippen molar-refractivity contribution in [2.45, 2.75) is 0 Å². The second kappa shape index (κ2) is 10.6. The largest absolute Gasteiger partial charge is 0.425 e. The van der Waals surface area contributed by atoms with Crippen LogP contribution < -0.4 is 0 Å². The molecule has 0 aromatic carbocycles. The van der Waals surface area contributed by atoms with E-state index in [2.05, 4.69) is 28.6 Å². The summed E-state index contributed by atoms with van der Waals surface area (Å²) >= 11 is 0. The van der Waals surface area contributed by atoms with Crippen LogP contribution in [0.4, 0.5) is 0 Å². The minimum Gasteiger partial charge on any atom is -0.425 e. The van der Waals surface area contributed by atoms with E-state index < -0.39 is 0 Å². The van der Waals surface area contributed by atoms with Gasteiger partial charge in [0.1, 0.15) is 0 Å². The average molecular weight is 460 g/mol. The van der Waals surface area contributed by atoms with Gasteiger partial charge in [0.05, 0.1) is 0 Å². The zero-order valence-electron chi connectivity index (χ0n) is 10.6. The zero-order valence-corrected chi connectivity index (χ0v) is 13.0. The van der Waals surface area contributed by atoms with Gasteiger partial charge >= 0.3 is 22.6 Å². The van der Waals surface area contributed by atoms with Crippen LogP contribution in [0.15, 0.2) is 55.4 Å². The Morgan fingerprint density at radius 1 is 0.667 bits per heavy atom. The van der Waals surface area contributed by atoms with Crippen molar-refractivity contribution in [3.8, 4) is 0 Å². The molecule has 0 spiro atoms. The van der Waals surface area contributed by atoms with E-state index in [-0.39, 0.29) is 27.2 Å². The molecule has 0 unspecified atom stereocenters. The Morgan fingerprint density at radius 2 is 0.952 bits per heavy atom. The predicted molar refractivity (Wildman–Crippen MR) is 66.5 cm³/mol. The monoisotopic (exact) mass is 461 g/mol. The summed E-state index contributed by atoms with van der Waals surface area (Å²) in [4.78, 5) is 0. The van der Waals surface area contributed by atoms with Crippen LogP contribution in [-0.4, -0.2) is 36.2 Å². The third-order valence-electron chi connectivity index (χ3n) is 2.28. The molecule has 0 N–H and O–H groups in total. The SMILES string of the molecule is [C-]#[O+].[C-]#[O+].[Ir].c1cnn([B-](n2cccn2)n2cccn2)c1. The summed E-state index contributed by atoms with van der Waals surface area (Å²) in [6.45, 7) is 9.00. The molecule has 0 aliphatic rings. The molecule has 0 saturated heterocycles. The molecule has 21 heavy (non-hydrogen) atoms. The summed E-state index contributed by atoms with van der Waals surface area (Å²) < 4.78 is 20.4. The van der Waals surface area contributed by atoms with Gasteiger partial charge in [0.15, 0.2) is 0 Å². The van der Waals surface area contributed by atoms with Gasteiger partial charge < -0.3 is 13.8 Å². The van der Waals surface area contributed by atoms with Crippen LogP contribution in [0.5, 0.6) is 0 Å². The fourth-order valence-electron chi connectivity index (χ4n) is 1.62. The first-order chi connectivity index (χ1) is 9.95. The van der Waals surface area contributed by atoms with Crippen molar-refractivity contribution in [2.24, 2.45) is 0 Å². The topological polar surface area (TPSA) is 93.3 Å². The standard InChI is InChI=1S/C9H9BN6.2CO.Ir/c1-4-11-14(7-1)10(15-8-2-5-12-15)16-9-3-6-13-16;2*1-2;/h1-9H;;;/q-1;;;. The van der Waals surface area contributed by atoms with Crippen molar-refractivity contribution >= 4 is 7.12 Å². The Hall–Kier alpha value is -2.18. The molecular formula is C11H9BIrN6O2-. The maximum absolute atomic E-state index is 7.50. The first-order valence-corrected chi connectivity index (χ1v) is 5.33. The normalized spacial score (nSPS) is 8.62. The number of hydrogen-bond donors (Lipinski definition) is 0. The summed E-state index contributed by atoms with van der Waals surface area (Å²) in [5, 5.41) is 12.7.